The summed E-state index contributed by atoms with van der Waals surface area (Å²) in [5.74, 6) is 0.489. The van der Waals surface area contributed by atoms with E-state index in [2.05, 4.69) is 22.4 Å². The molecule has 2 amide bonds. The fraction of sp³-hybridized carbons (Fsp3) is 0.348. The summed E-state index contributed by atoms with van der Waals surface area (Å²) in [4.78, 5) is 18.7. The first kappa shape index (κ1) is 20.9. The molecule has 5 nitrogen and oxygen atoms in total. The molecule has 160 valence electrons. The molecule has 0 radical (unpaired) electrons. The van der Waals surface area contributed by atoms with Gasteiger partial charge in [0.15, 0.2) is 0 Å². The van der Waals surface area contributed by atoms with Gasteiger partial charge < -0.3 is 10.2 Å². The van der Waals surface area contributed by atoms with Crippen LogP contribution in [0.4, 0.5) is 23.7 Å². The number of nitrogens with one attached hydrogen (secondary N) is 1. The highest BCUT2D eigenvalue weighted by Gasteiger charge is 2.31. The number of nitrogens with zero attached hydrogens (tertiary/aromatic N) is 3. The third-order valence-corrected chi connectivity index (χ3v) is 5.54. The molecule has 31 heavy (non-hydrogen) atoms. The van der Waals surface area contributed by atoms with Gasteiger partial charge in [0.1, 0.15) is 0 Å². The topological polar surface area (TPSA) is 69.0 Å². The van der Waals surface area contributed by atoms with Crippen LogP contribution >= 0.6 is 0 Å². The van der Waals surface area contributed by atoms with Crippen molar-refractivity contribution >= 4 is 17.3 Å². The van der Waals surface area contributed by atoms with E-state index in [-0.39, 0.29) is 6.03 Å². The lowest BCUT2D eigenvalue weighted by Gasteiger charge is -2.27. The molecule has 1 fully saturated rings. The number of benzene rings is 1. The fourth-order valence-electron chi connectivity index (χ4n) is 3.70. The summed E-state index contributed by atoms with van der Waals surface area (Å²) in [7, 11) is 0. The minimum absolute atomic E-state index is 0.318. The number of halogens is 3. The lowest BCUT2D eigenvalue weighted by molar-refractivity contribution is -0.137. The normalized spacial score (nSPS) is 16.5. The summed E-state index contributed by atoms with van der Waals surface area (Å²) < 4.78 is 38.0. The number of aromatic nitrogens is 1. The van der Waals surface area contributed by atoms with Crippen molar-refractivity contribution in [2.45, 2.75) is 37.8 Å². The average molecular weight is 426 g/mol. The number of urea groups is 1. The molecule has 0 spiro atoms. The number of rotatable bonds is 4. The molecule has 1 saturated carbocycles. The third-order valence-electron chi connectivity index (χ3n) is 5.54. The maximum atomic E-state index is 12.7. The van der Waals surface area contributed by atoms with E-state index in [1.165, 1.54) is 17.7 Å². The Labute approximate surface area is 178 Å². The number of anilines is 1. The van der Waals surface area contributed by atoms with Crippen molar-refractivity contribution in [1.82, 2.24) is 9.88 Å². The number of amides is 2. The van der Waals surface area contributed by atoms with Gasteiger partial charge in [-0.05, 0) is 66.1 Å². The molecule has 1 aromatic heterocycles. The van der Waals surface area contributed by atoms with Crippen molar-refractivity contribution in [1.29, 1.82) is 5.26 Å². The largest absolute Gasteiger partial charge is 0.416 e. The number of carbonyl (C=O) groups is 1. The van der Waals surface area contributed by atoms with Crippen molar-refractivity contribution in [3.05, 3.63) is 65.0 Å². The van der Waals surface area contributed by atoms with Crippen LogP contribution in [0.3, 0.4) is 0 Å². The molecule has 2 aromatic rings. The smallest absolute Gasteiger partial charge is 0.320 e. The molecular weight excluding hydrogens is 405 g/mol. The number of carbonyl (C=O) groups excluding carboxylic acids is 1. The fourth-order valence-corrected chi connectivity index (χ4v) is 3.70. The van der Waals surface area contributed by atoms with E-state index in [0.717, 1.165) is 41.8 Å². The van der Waals surface area contributed by atoms with E-state index in [1.807, 2.05) is 6.08 Å². The molecule has 2 heterocycles. The maximum Gasteiger partial charge on any atom is 0.416 e. The molecule has 0 saturated heterocycles. The van der Waals surface area contributed by atoms with Crippen LogP contribution in [0.1, 0.15) is 47.6 Å². The first-order valence-corrected chi connectivity index (χ1v) is 10.1. The summed E-state index contributed by atoms with van der Waals surface area (Å²) in [5, 5.41) is 11.6. The van der Waals surface area contributed by atoms with Gasteiger partial charge in [0, 0.05) is 25.0 Å². The highest BCUT2D eigenvalue weighted by Crippen LogP contribution is 2.43. The van der Waals surface area contributed by atoms with E-state index in [1.54, 1.807) is 11.1 Å². The van der Waals surface area contributed by atoms with Gasteiger partial charge in [0.25, 0.3) is 0 Å². The Bertz CT molecular complexity index is 1050. The molecule has 4 rings (SSSR count). The predicted octanol–water partition coefficient (Wildman–Crippen LogP) is 5.37. The Morgan fingerprint density at radius 1 is 1.26 bits per heavy atom. The summed E-state index contributed by atoms with van der Waals surface area (Å²) in [6.07, 6.45) is 2.55. The zero-order valence-electron chi connectivity index (χ0n) is 16.7. The minimum Gasteiger partial charge on any atom is -0.320 e. The molecule has 0 bridgehead atoms. The van der Waals surface area contributed by atoms with E-state index in [9.17, 15) is 18.0 Å². The van der Waals surface area contributed by atoms with Crippen molar-refractivity contribution in [3.63, 3.8) is 0 Å². The molecule has 0 atom stereocenters. The summed E-state index contributed by atoms with van der Waals surface area (Å²) in [6, 6.07) is 8.28. The Morgan fingerprint density at radius 2 is 2.00 bits per heavy atom. The highest BCUT2D eigenvalue weighted by molar-refractivity contribution is 5.90. The van der Waals surface area contributed by atoms with Crippen LogP contribution in [0, 0.1) is 11.3 Å². The standard InChI is InChI=1S/C23H21F3N4O/c24-23(25,26)18-3-5-19(6-4-18)29-22(31)30-11-8-17(9-12-30)21-20(16-1-2-16)13-15(7-10-27)14-28-21/h3-6,8,13-14,16H,1-2,7,9,11-12H2,(H,29,31). The van der Waals surface area contributed by atoms with E-state index in [4.69, 9.17) is 5.26 Å². The lowest BCUT2D eigenvalue weighted by atomic mass is 9.96. The summed E-state index contributed by atoms with van der Waals surface area (Å²) >= 11 is 0. The van der Waals surface area contributed by atoms with Gasteiger partial charge in [-0.3, -0.25) is 4.98 Å². The Balaban J connectivity index is 1.42. The van der Waals surface area contributed by atoms with Crippen LogP contribution in [0.25, 0.3) is 5.57 Å². The van der Waals surface area contributed by atoms with Gasteiger partial charge in [0.2, 0.25) is 0 Å². The van der Waals surface area contributed by atoms with Crippen molar-refractivity contribution in [2.75, 3.05) is 18.4 Å². The van der Waals surface area contributed by atoms with Gasteiger partial charge in [-0.1, -0.05) is 12.1 Å². The molecule has 1 N–H and O–H groups in total. The molecule has 1 aromatic carbocycles. The van der Waals surface area contributed by atoms with Gasteiger partial charge in [-0.15, -0.1) is 0 Å². The summed E-state index contributed by atoms with van der Waals surface area (Å²) in [6.45, 7) is 0.886. The van der Waals surface area contributed by atoms with E-state index in [0.29, 0.717) is 37.5 Å². The van der Waals surface area contributed by atoms with Crippen molar-refractivity contribution in [3.8, 4) is 6.07 Å². The second-order valence-corrected chi connectivity index (χ2v) is 7.82. The minimum atomic E-state index is -4.41. The Kier molecular flexibility index (Phi) is 5.68. The van der Waals surface area contributed by atoms with Crippen LogP contribution in [0.5, 0.6) is 0 Å². The average Bonchev–Trinajstić information content (AvgIpc) is 3.59. The monoisotopic (exact) mass is 426 g/mol. The highest BCUT2D eigenvalue weighted by atomic mass is 19.4. The zero-order valence-corrected chi connectivity index (χ0v) is 16.7. The van der Waals surface area contributed by atoms with Crippen molar-refractivity contribution in [2.24, 2.45) is 0 Å². The van der Waals surface area contributed by atoms with Crippen LogP contribution in [0.15, 0.2) is 42.6 Å². The number of alkyl halides is 3. The van der Waals surface area contributed by atoms with E-state index >= 15 is 0 Å². The number of hydrogen-bond acceptors (Lipinski definition) is 3. The second kappa shape index (κ2) is 8.42. The molecule has 8 heteroatoms. The maximum absolute atomic E-state index is 12.7. The Hall–Kier alpha value is -3.34. The SMILES string of the molecule is N#CCc1cnc(C2=CCN(C(=O)Nc3ccc(C(F)(F)F)cc3)CC2)c(C2CC2)c1. The van der Waals surface area contributed by atoms with Crippen LogP contribution in [-0.4, -0.2) is 29.0 Å². The van der Waals surface area contributed by atoms with Gasteiger partial charge >= 0.3 is 12.2 Å². The predicted molar refractivity (Wildman–Crippen MR) is 110 cm³/mol. The first-order valence-electron chi connectivity index (χ1n) is 10.1. The molecule has 1 aliphatic heterocycles. The third kappa shape index (κ3) is 4.88. The Morgan fingerprint density at radius 3 is 2.58 bits per heavy atom. The van der Waals surface area contributed by atoms with Crippen LogP contribution < -0.4 is 5.32 Å². The zero-order chi connectivity index (χ0) is 22.0. The first-order chi connectivity index (χ1) is 14.8. The number of hydrogen-bond donors (Lipinski definition) is 1. The molecule has 2 aliphatic rings. The lowest BCUT2D eigenvalue weighted by Crippen LogP contribution is -2.38. The van der Waals surface area contributed by atoms with Crippen LogP contribution in [0.2, 0.25) is 0 Å². The number of pyridine rings is 1. The molecule has 0 unspecified atom stereocenters. The number of nitriles is 1. The van der Waals surface area contributed by atoms with Gasteiger partial charge in [-0.25, -0.2) is 4.79 Å². The molecule has 1 aliphatic carbocycles. The molecular formula is C23H21F3N4O. The van der Waals surface area contributed by atoms with Gasteiger partial charge in [-0.2, -0.15) is 18.4 Å². The quantitative estimate of drug-likeness (QED) is 0.715. The van der Waals surface area contributed by atoms with Crippen LogP contribution in [-0.2, 0) is 12.6 Å². The second-order valence-electron chi connectivity index (χ2n) is 7.82. The van der Waals surface area contributed by atoms with Gasteiger partial charge in [0.05, 0.1) is 23.7 Å². The summed E-state index contributed by atoms with van der Waals surface area (Å²) in [5.41, 5.74) is 3.70. The van der Waals surface area contributed by atoms with Crippen molar-refractivity contribution < 1.29 is 18.0 Å². The van der Waals surface area contributed by atoms with E-state index < -0.39 is 11.7 Å².